The zero-order valence-corrected chi connectivity index (χ0v) is 9.55. The number of aryl methyl sites for hydroxylation is 1. The lowest BCUT2D eigenvalue weighted by Crippen LogP contribution is -2.21. The molecule has 0 aliphatic carbocycles. The number of hydrogen-bond acceptors (Lipinski definition) is 2. The van der Waals surface area contributed by atoms with Crippen LogP contribution in [0.3, 0.4) is 0 Å². The average Bonchev–Trinajstić information content (AvgIpc) is 2.18. The van der Waals surface area contributed by atoms with Gasteiger partial charge >= 0.3 is 5.97 Å². The molecule has 1 aromatic carbocycles. The van der Waals surface area contributed by atoms with Crippen molar-refractivity contribution in [2.45, 2.75) is 12.3 Å². The topological polar surface area (TPSA) is 46.5 Å². The number of rotatable bonds is 4. The monoisotopic (exact) mass is 248 g/mol. The SMILES string of the molecule is Cc1ccc(Cl)cc1OCC(Cl)C(=O)O. The molecule has 1 atom stereocenters. The number of aliphatic carboxylic acids is 1. The van der Waals surface area contributed by atoms with Crippen LogP contribution in [0.5, 0.6) is 5.75 Å². The van der Waals surface area contributed by atoms with Gasteiger partial charge < -0.3 is 9.84 Å². The summed E-state index contributed by atoms with van der Waals surface area (Å²) >= 11 is 11.3. The maximum absolute atomic E-state index is 10.4. The molecule has 1 unspecified atom stereocenters. The van der Waals surface area contributed by atoms with Crippen LogP contribution in [0.15, 0.2) is 18.2 Å². The molecule has 0 bridgehead atoms. The zero-order chi connectivity index (χ0) is 11.4. The summed E-state index contributed by atoms with van der Waals surface area (Å²) in [6.45, 7) is 1.76. The number of benzene rings is 1. The van der Waals surface area contributed by atoms with Gasteiger partial charge in [0.1, 0.15) is 12.4 Å². The molecular weight excluding hydrogens is 239 g/mol. The van der Waals surface area contributed by atoms with Gasteiger partial charge in [0.2, 0.25) is 0 Å². The van der Waals surface area contributed by atoms with Crippen LogP contribution in [0.4, 0.5) is 0 Å². The number of carbonyl (C=O) groups is 1. The van der Waals surface area contributed by atoms with Crippen LogP contribution in [-0.4, -0.2) is 23.1 Å². The van der Waals surface area contributed by atoms with Gasteiger partial charge in [-0.15, -0.1) is 11.6 Å². The van der Waals surface area contributed by atoms with E-state index >= 15 is 0 Å². The van der Waals surface area contributed by atoms with E-state index in [-0.39, 0.29) is 6.61 Å². The molecule has 0 aliphatic heterocycles. The quantitative estimate of drug-likeness (QED) is 0.834. The predicted octanol–water partition coefficient (Wildman–Crippen LogP) is 2.72. The first-order valence-corrected chi connectivity index (χ1v) is 5.08. The van der Waals surface area contributed by atoms with Crippen LogP contribution < -0.4 is 4.74 Å². The number of carboxylic acid groups (broad SMARTS) is 1. The van der Waals surface area contributed by atoms with Gasteiger partial charge in [0.15, 0.2) is 5.38 Å². The van der Waals surface area contributed by atoms with Crippen LogP contribution in [0.1, 0.15) is 5.56 Å². The molecule has 1 rings (SSSR count). The van der Waals surface area contributed by atoms with Gasteiger partial charge in [-0.25, -0.2) is 0 Å². The van der Waals surface area contributed by atoms with Crippen LogP contribution in [0.2, 0.25) is 5.02 Å². The largest absolute Gasteiger partial charge is 0.491 e. The number of alkyl halides is 1. The Hall–Kier alpha value is -0.930. The molecule has 1 N–H and O–H groups in total. The highest BCUT2D eigenvalue weighted by Crippen LogP contribution is 2.22. The molecule has 0 fully saturated rings. The molecule has 0 heterocycles. The highest BCUT2D eigenvalue weighted by Gasteiger charge is 2.14. The van der Waals surface area contributed by atoms with Gasteiger partial charge in [-0.3, -0.25) is 4.79 Å². The Kier molecular flexibility index (Phi) is 4.24. The van der Waals surface area contributed by atoms with Crippen LogP contribution in [0.25, 0.3) is 0 Å². The molecule has 0 amide bonds. The van der Waals surface area contributed by atoms with Crippen molar-refractivity contribution >= 4 is 29.2 Å². The Morgan fingerprint density at radius 2 is 2.27 bits per heavy atom. The molecule has 5 heteroatoms. The van der Waals surface area contributed by atoms with Gasteiger partial charge in [0.05, 0.1) is 0 Å². The van der Waals surface area contributed by atoms with E-state index in [1.165, 1.54) is 0 Å². The maximum Gasteiger partial charge on any atom is 0.325 e. The summed E-state index contributed by atoms with van der Waals surface area (Å²) in [5, 5.41) is 8.03. The van der Waals surface area contributed by atoms with E-state index < -0.39 is 11.3 Å². The van der Waals surface area contributed by atoms with Crippen molar-refractivity contribution in [3.05, 3.63) is 28.8 Å². The molecular formula is C10H10Cl2O3. The lowest BCUT2D eigenvalue weighted by atomic mass is 10.2. The lowest BCUT2D eigenvalue weighted by molar-refractivity contribution is -0.137. The number of ether oxygens (including phenoxy) is 1. The zero-order valence-electron chi connectivity index (χ0n) is 8.04. The normalized spacial score (nSPS) is 12.2. The van der Waals surface area contributed by atoms with Gasteiger partial charge in [0, 0.05) is 5.02 Å². The second-order valence-corrected chi connectivity index (χ2v) is 3.99. The lowest BCUT2D eigenvalue weighted by Gasteiger charge is -2.10. The summed E-state index contributed by atoms with van der Waals surface area (Å²) in [5.41, 5.74) is 0.883. The standard InChI is InChI=1S/C10H10Cl2O3/c1-6-2-3-7(11)4-9(6)15-5-8(12)10(13)14/h2-4,8H,5H2,1H3,(H,13,14). The molecule has 82 valence electrons. The maximum atomic E-state index is 10.4. The minimum absolute atomic E-state index is 0.0852. The fourth-order valence-corrected chi connectivity index (χ4v) is 1.19. The van der Waals surface area contributed by atoms with E-state index in [1.54, 1.807) is 18.2 Å². The van der Waals surface area contributed by atoms with Crippen LogP contribution in [0, 0.1) is 6.92 Å². The van der Waals surface area contributed by atoms with Crippen molar-refractivity contribution in [3.8, 4) is 5.75 Å². The Balaban J connectivity index is 2.65. The fourth-order valence-electron chi connectivity index (χ4n) is 0.964. The Labute approximate surface area is 97.6 Å². The average molecular weight is 249 g/mol. The van der Waals surface area contributed by atoms with Gasteiger partial charge in [0.25, 0.3) is 0 Å². The van der Waals surface area contributed by atoms with Gasteiger partial charge in [-0.05, 0) is 24.6 Å². The number of halogens is 2. The fraction of sp³-hybridized carbons (Fsp3) is 0.300. The number of hydrogen-bond donors (Lipinski definition) is 1. The summed E-state index contributed by atoms with van der Waals surface area (Å²) in [4.78, 5) is 10.4. The van der Waals surface area contributed by atoms with E-state index in [4.69, 9.17) is 33.0 Å². The molecule has 15 heavy (non-hydrogen) atoms. The van der Waals surface area contributed by atoms with Crippen molar-refractivity contribution in [1.29, 1.82) is 0 Å². The van der Waals surface area contributed by atoms with Crippen molar-refractivity contribution < 1.29 is 14.6 Å². The highest BCUT2D eigenvalue weighted by atomic mass is 35.5. The van der Waals surface area contributed by atoms with E-state index in [0.29, 0.717) is 10.8 Å². The first-order chi connectivity index (χ1) is 7.00. The molecule has 1 aromatic rings. The summed E-state index contributed by atoms with van der Waals surface area (Å²) in [5.74, 6) is -0.550. The molecule has 0 spiro atoms. The summed E-state index contributed by atoms with van der Waals surface area (Å²) in [6.07, 6.45) is 0. The first-order valence-electron chi connectivity index (χ1n) is 4.26. The molecule has 0 radical (unpaired) electrons. The smallest absolute Gasteiger partial charge is 0.325 e. The third kappa shape index (κ3) is 3.61. The van der Waals surface area contributed by atoms with Gasteiger partial charge in [-0.1, -0.05) is 17.7 Å². The third-order valence-corrected chi connectivity index (χ3v) is 2.35. The van der Waals surface area contributed by atoms with Crippen molar-refractivity contribution in [2.75, 3.05) is 6.61 Å². The van der Waals surface area contributed by atoms with Crippen molar-refractivity contribution in [1.82, 2.24) is 0 Å². The van der Waals surface area contributed by atoms with Crippen molar-refractivity contribution in [3.63, 3.8) is 0 Å². The van der Waals surface area contributed by atoms with E-state index in [0.717, 1.165) is 5.56 Å². The van der Waals surface area contributed by atoms with Crippen LogP contribution in [-0.2, 0) is 4.79 Å². The van der Waals surface area contributed by atoms with Crippen molar-refractivity contribution in [2.24, 2.45) is 0 Å². The summed E-state index contributed by atoms with van der Waals surface area (Å²) in [6, 6.07) is 5.16. The minimum Gasteiger partial charge on any atom is -0.491 e. The second kappa shape index (κ2) is 5.24. The molecule has 0 saturated heterocycles. The molecule has 0 aliphatic rings. The predicted molar refractivity (Wildman–Crippen MR) is 59.0 cm³/mol. The first kappa shape index (κ1) is 12.1. The molecule has 3 nitrogen and oxygen atoms in total. The van der Waals surface area contributed by atoms with E-state index in [1.807, 2.05) is 6.92 Å². The highest BCUT2D eigenvalue weighted by molar-refractivity contribution is 6.30. The Morgan fingerprint density at radius 1 is 1.60 bits per heavy atom. The Morgan fingerprint density at radius 3 is 2.87 bits per heavy atom. The minimum atomic E-state index is -1.10. The van der Waals surface area contributed by atoms with Crippen LogP contribution >= 0.6 is 23.2 Å². The van der Waals surface area contributed by atoms with Gasteiger partial charge in [-0.2, -0.15) is 0 Å². The molecule has 0 aromatic heterocycles. The molecule has 0 saturated carbocycles. The number of carboxylic acids is 1. The second-order valence-electron chi connectivity index (χ2n) is 3.03. The Bertz CT molecular complexity index is 366. The summed E-state index contributed by atoms with van der Waals surface area (Å²) < 4.78 is 5.24. The summed E-state index contributed by atoms with van der Waals surface area (Å²) in [7, 11) is 0. The third-order valence-electron chi connectivity index (χ3n) is 1.80. The van der Waals surface area contributed by atoms with E-state index in [9.17, 15) is 4.79 Å². The van der Waals surface area contributed by atoms with E-state index in [2.05, 4.69) is 0 Å².